The Labute approximate surface area is 130 Å². The van der Waals surface area contributed by atoms with Gasteiger partial charge in [0.2, 0.25) is 0 Å². The van der Waals surface area contributed by atoms with E-state index in [2.05, 4.69) is 40.3 Å². The average molecular weight is 342 g/mol. The number of benzene rings is 1. The molecule has 1 N–H and O–H groups in total. The topological polar surface area (TPSA) is 30.5 Å². The molecule has 1 aromatic carbocycles. The molecule has 1 aliphatic rings. The fourth-order valence-electron chi connectivity index (χ4n) is 2.81. The molecule has 0 aromatic heterocycles. The zero-order valence-electron chi connectivity index (χ0n) is 12.3. The summed E-state index contributed by atoms with van der Waals surface area (Å²) in [6.07, 6.45) is 5.04. The molecule has 1 aromatic rings. The van der Waals surface area contributed by atoms with Crippen molar-refractivity contribution in [2.24, 2.45) is 0 Å². The van der Waals surface area contributed by atoms with E-state index in [0.29, 0.717) is 12.1 Å². The van der Waals surface area contributed by atoms with Gasteiger partial charge in [0.05, 0.1) is 13.2 Å². The second-order valence-electron chi connectivity index (χ2n) is 5.21. The Morgan fingerprint density at radius 3 is 3.00 bits per heavy atom. The highest BCUT2D eigenvalue weighted by Crippen LogP contribution is 2.32. The normalized spacial score (nSPS) is 20.1. The third-order valence-electron chi connectivity index (χ3n) is 3.82. The van der Waals surface area contributed by atoms with Gasteiger partial charge in [0.1, 0.15) is 5.75 Å². The van der Waals surface area contributed by atoms with E-state index in [9.17, 15) is 0 Å². The summed E-state index contributed by atoms with van der Waals surface area (Å²) in [6.45, 7) is 4.03. The summed E-state index contributed by atoms with van der Waals surface area (Å²) in [6, 6.07) is 6.58. The van der Waals surface area contributed by atoms with Crippen molar-refractivity contribution >= 4 is 15.9 Å². The van der Waals surface area contributed by atoms with Crippen LogP contribution in [0.5, 0.6) is 5.75 Å². The van der Waals surface area contributed by atoms with Crippen molar-refractivity contribution in [3.63, 3.8) is 0 Å². The van der Waals surface area contributed by atoms with Crippen LogP contribution in [-0.4, -0.2) is 26.4 Å². The Kier molecular flexibility index (Phi) is 6.33. The first-order chi connectivity index (χ1) is 9.74. The second-order valence-corrected chi connectivity index (χ2v) is 6.12. The van der Waals surface area contributed by atoms with E-state index in [1.54, 1.807) is 7.11 Å². The molecule has 0 radical (unpaired) electrons. The van der Waals surface area contributed by atoms with Crippen molar-refractivity contribution < 1.29 is 9.47 Å². The molecule has 0 amide bonds. The van der Waals surface area contributed by atoms with Crippen LogP contribution in [0, 0.1) is 0 Å². The summed E-state index contributed by atoms with van der Waals surface area (Å²) in [5, 5.41) is 3.57. The monoisotopic (exact) mass is 341 g/mol. The largest absolute Gasteiger partial charge is 0.496 e. The summed E-state index contributed by atoms with van der Waals surface area (Å²) in [7, 11) is 1.73. The van der Waals surface area contributed by atoms with Gasteiger partial charge in [-0.15, -0.1) is 0 Å². The smallest absolute Gasteiger partial charge is 0.124 e. The summed E-state index contributed by atoms with van der Waals surface area (Å²) in [5.74, 6) is 0.942. The van der Waals surface area contributed by atoms with E-state index in [0.717, 1.165) is 36.2 Å². The molecule has 1 fully saturated rings. The van der Waals surface area contributed by atoms with Gasteiger partial charge in [-0.1, -0.05) is 28.9 Å². The van der Waals surface area contributed by atoms with Crippen LogP contribution < -0.4 is 10.1 Å². The van der Waals surface area contributed by atoms with Crippen LogP contribution in [0.4, 0.5) is 0 Å². The Morgan fingerprint density at radius 2 is 2.35 bits per heavy atom. The van der Waals surface area contributed by atoms with Crippen LogP contribution in [0.15, 0.2) is 22.7 Å². The van der Waals surface area contributed by atoms with Crippen molar-refractivity contribution in [3.8, 4) is 5.75 Å². The van der Waals surface area contributed by atoms with Crippen molar-refractivity contribution in [2.45, 2.75) is 44.8 Å². The number of hydrogen-bond acceptors (Lipinski definition) is 3. The first kappa shape index (κ1) is 15.8. The molecular weight excluding hydrogens is 318 g/mol. The van der Waals surface area contributed by atoms with Gasteiger partial charge in [-0.05, 0) is 44.4 Å². The fourth-order valence-corrected chi connectivity index (χ4v) is 3.15. The van der Waals surface area contributed by atoms with E-state index in [1.165, 1.54) is 18.4 Å². The Bertz CT molecular complexity index is 419. The van der Waals surface area contributed by atoms with Gasteiger partial charge < -0.3 is 14.8 Å². The molecule has 2 unspecified atom stereocenters. The lowest BCUT2D eigenvalue weighted by atomic mass is 9.98. The van der Waals surface area contributed by atoms with E-state index >= 15 is 0 Å². The van der Waals surface area contributed by atoms with Gasteiger partial charge in [-0.2, -0.15) is 0 Å². The highest BCUT2D eigenvalue weighted by Gasteiger charge is 2.20. The van der Waals surface area contributed by atoms with Crippen molar-refractivity contribution in [2.75, 3.05) is 20.3 Å². The SMILES string of the molecule is CCNC(CCC1CCCO1)c1ccc(Br)cc1OC. The molecule has 0 saturated carbocycles. The molecule has 2 atom stereocenters. The van der Waals surface area contributed by atoms with Crippen molar-refractivity contribution in [1.29, 1.82) is 0 Å². The van der Waals surface area contributed by atoms with Crippen LogP contribution in [0.3, 0.4) is 0 Å². The molecule has 20 heavy (non-hydrogen) atoms. The van der Waals surface area contributed by atoms with Gasteiger partial charge in [0, 0.05) is 22.7 Å². The second kappa shape index (κ2) is 8.01. The minimum absolute atomic E-state index is 0.326. The Hall–Kier alpha value is -0.580. The minimum Gasteiger partial charge on any atom is -0.496 e. The van der Waals surface area contributed by atoms with E-state index < -0.39 is 0 Å². The fraction of sp³-hybridized carbons (Fsp3) is 0.625. The number of nitrogens with one attached hydrogen (secondary N) is 1. The average Bonchev–Trinajstić information content (AvgIpc) is 2.97. The number of hydrogen-bond donors (Lipinski definition) is 1. The summed E-state index contributed by atoms with van der Waals surface area (Å²) >= 11 is 3.50. The summed E-state index contributed by atoms with van der Waals surface area (Å²) in [4.78, 5) is 0. The molecule has 2 rings (SSSR count). The van der Waals surface area contributed by atoms with Gasteiger partial charge in [0.25, 0.3) is 0 Å². The Morgan fingerprint density at radius 1 is 1.50 bits per heavy atom. The predicted octanol–water partition coefficient (Wildman–Crippen LogP) is 4.07. The van der Waals surface area contributed by atoms with E-state index in [4.69, 9.17) is 9.47 Å². The van der Waals surface area contributed by atoms with Crippen LogP contribution >= 0.6 is 15.9 Å². The first-order valence-electron chi connectivity index (χ1n) is 7.43. The molecule has 3 nitrogen and oxygen atoms in total. The molecule has 0 aliphatic carbocycles. The molecule has 1 saturated heterocycles. The van der Waals surface area contributed by atoms with Gasteiger partial charge in [-0.3, -0.25) is 0 Å². The highest BCUT2D eigenvalue weighted by atomic mass is 79.9. The zero-order chi connectivity index (χ0) is 14.4. The number of rotatable bonds is 7. The van der Waals surface area contributed by atoms with Crippen LogP contribution in [0.2, 0.25) is 0 Å². The quantitative estimate of drug-likeness (QED) is 0.810. The number of methoxy groups -OCH3 is 1. The summed E-state index contributed by atoms with van der Waals surface area (Å²) < 4.78 is 12.3. The lowest BCUT2D eigenvalue weighted by Gasteiger charge is -2.22. The van der Waals surface area contributed by atoms with Crippen LogP contribution in [-0.2, 0) is 4.74 Å². The van der Waals surface area contributed by atoms with Crippen LogP contribution in [0.25, 0.3) is 0 Å². The summed E-state index contributed by atoms with van der Waals surface area (Å²) in [5.41, 5.74) is 1.23. The van der Waals surface area contributed by atoms with Gasteiger partial charge in [-0.25, -0.2) is 0 Å². The highest BCUT2D eigenvalue weighted by molar-refractivity contribution is 9.10. The van der Waals surface area contributed by atoms with Crippen molar-refractivity contribution in [1.82, 2.24) is 5.32 Å². The molecular formula is C16H24BrNO2. The maximum atomic E-state index is 5.73. The van der Waals surface area contributed by atoms with E-state index in [1.807, 2.05) is 6.07 Å². The Balaban J connectivity index is 2.06. The molecule has 112 valence electrons. The van der Waals surface area contributed by atoms with Crippen LogP contribution in [0.1, 0.15) is 44.2 Å². The standard InChI is InChI=1S/C16H24BrNO2/c1-3-18-15(9-7-13-5-4-10-20-13)14-8-6-12(17)11-16(14)19-2/h6,8,11,13,15,18H,3-5,7,9-10H2,1-2H3. The zero-order valence-corrected chi connectivity index (χ0v) is 13.9. The van der Waals surface area contributed by atoms with Gasteiger partial charge >= 0.3 is 0 Å². The number of halogens is 1. The third-order valence-corrected chi connectivity index (χ3v) is 4.32. The van der Waals surface area contributed by atoms with Crippen molar-refractivity contribution in [3.05, 3.63) is 28.2 Å². The minimum atomic E-state index is 0.326. The predicted molar refractivity (Wildman–Crippen MR) is 85.3 cm³/mol. The molecule has 1 heterocycles. The molecule has 0 spiro atoms. The molecule has 4 heteroatoms. The maximum Gasteiger partial charge on any atom is 0.124 e. The van der Waals surface area contributed by atoms with E-state index in [-0.39, 0.29) is 0 Å². The van der Waals surface area contributed by atoms with Gasteiger partial charge in [0.15, 0.2) is 0 Å². The number of ether oxygens (including phenoxy) is 2. The maximum absolute atomic E-state index is 5.73. The third kappa shape index (κ3) is 4.21. The lowest BCUT2D eigenvalue weighted by Crippen LogP contribution is -2.23. The molecule has 0 bridgehead atoms. The molecule has 1 aliphatic heterocycles. The first-order valence-corrected chi connectivity index (χ1v) is 8.22. The lowest BCUT2D eigenvalue weighted by molar-refractivity contribution is 0.0995.